The van der Waals surface area contributed by atoms with Crippen molar-refractivity contribution in [3.05, 3.63) is 42.2 Å². The largest absolute Gasteiger partial charge is 0.324 e. The second-order valence-corrected chi connectivity index (χ2v) is 5.98. The lowest BCUT2D eigenvalue weighted by Crippen LogP contribution is -2.45. The number of nitrogens with zero attached hydrogens (tertiary/aromatic N) is 3. The lowest BCUT2D eigenvalue weighted by molar-refractivity contribution is 0.189. The third kappa shape index (κ3) is 4.27. The molecule has 1 fully saturated rings. The average Bonchev–Trinajstić information content (AvgIpc) is 2.61. The van der Waals surface area contributed by atoms with Crippen LogP contribution in [0.1, 0.15) is 12.8 Å². The highest BCUT2D eigenvalue weighted by molar-refractivity contribution is 5.87. The predicted octanol–water partition coefficient (Wildman–Crippen LogP) is 2.64. The number of hydrogen-bond acceptors (Lipinski definition) is 4. The Labute approximate surface area is 144 Å². The van der Waals surface area contributed by atoms with Crippen LogP contribution >= 0.6 is 0 Å². The molecule has 8 heteroatoms. The van der Waals surface area contributed by atoms with Gasteiger partial charge in [-0.25, -0.2) is 23.5 Å². The van der Waals surface area contributed by atoms with Crippen LogP contribution in [0.4, 0.5) is 19.5 Å². The summed E-state index contributed by atoms with van der Waals surface area (Å²) < 4.78 is 26.6. The molecule has 0 aliphatic carbocycles. The fraction of sp³-hybridized carbons (Fsp3) is 0.353. The summed E-state index contributed by atoms with van der Waals surface area (Å²) in [7, 11) is 1.75. The summed E-state index contributed by atoms with van der Waals surface area (Å²) in [4.78, 5) is 22.0. The number of aromatic nitrogens is 2. The van der Waals surface area contributed by atoms with Crippen molar-refractivity contribution in [1.82, 2.24) is 20.2 Å². The molecular formula is C17H19F2N5O. The van der Waals surface area contributed by atoms with Crippen LogP contribution in [0.5, 0.6) is 0 Å². The number of halogens is 2. The molecule has 0 saturated carbocycles. The van der Waals surface area contributed by atoms with Gasteiger partial charge in [0.25, 0.3) is 0 Å². The predicted molar refractivity (Wildman–Crippen MR) is 90.1 cm³/mol. The third-order valence-electron chi connectivity index (χ3n) is 4.24. The zero-order valence-electron chi connectivity index (χ0n) is 13.8. The second kappa shape index (κ2) is 7.52. The molecule has 132 valence electrons. The van der Waals surface area contributed by atoms with Crippen molar-refractivity contribution < 1.29 is 13.6 Å². The van der Waals surface area contributed by atoms with E-state index in [0.717, 1.165) is 32.0 Å². The van der Waals surface area contributed by atoms with Crippen LogP contribution in [0.25, 0.3) is 11.1 Å². The minimum absolute atomic E-state index is 0.145. The van der Waals surface area contributed by atoms with Crippen LogP contribution in [-0.2, 0) is 0 Å². The zero-order valence-corrected chi connectivity index (χ0v) is 13.8. The maximum atomic E-state index is 13.3. The van der Waals surface area contributed by atoms with E-state index < -0.39 is 11.6 Å². The van der Waals surface area contributed by atoms with Gasteiger partial charge in [-0.15, -0.1) is 0 Å². The number of hydrogen-bond donors (Lipinski definition) is 2. The van der Waals surface area contributed by atoms with E-state index in [4.69, 9.17) is 0 Å². The molecule has 6 nitrogen and oxygen atoms in total. The van der Waals surface area contributed by atoms with Crippen LogP contribution in [0.3, 0.4) is 0 Å². The van der Waals surface area contributed by atoms with Crippen molar-refractivity contribution in [2.24, 2.45) is 0 Å². The fourth-order valence-electron chi connectivity index (χ4n) is 2.81. The standard InChI is InChI=1S/C17H19F2N5O/c1-24(15-2-4-20-5-3-15)17(25)23-16-21-9-12(10-22-16)11-6-13(18)8-14(19)7-11/h6-10,15,20H,2-5H2,1H3,(H,21,22,23,25). The molecule has 2 heterocycles. The van der Waals surface area contributed by atoms with Crippen molar-refractivity contribution in [1.29, 1.82) is 0 Å². The minimum atomic E-state index is -0.670. The highest BCUT2D eigenvalue weighted by Crippen LogP contribution is 2.21. The van der Waals surface area contributed by atoms with Gasteiger partial charge in [-0.05, 0) is 43.6 Å². The van der Waals surface area contributed by atoms with Crippen LogP contribution in [0.2, 0.25) is 0 Å². The van der Waals surface area contributed by atoms with E-state index in [1.54, 1.807) is 11.9 Å². The first kappa shape index (κ1) is 17.2. The van der Waals surface area contributed by atoms with Crippen LogP contribution in [0, 0.1) is 11.6 Å². The molecule has 2 N–H and O–H groups in total. The number of carbonyl (C=O) groups is 1. The highest BCUT2D eigenvalue weighted by Gasteiger charge is 2.22. The van der Waals surface area contributed by atoms with Gasteiger partial charge in [0.2, 0.25) is 5.95 Å². The van der Waals surface area contributed by atoms with Gasteiger partial charge in [0.1, 0.15) is 11.6 Å². The van der Waals surface area contributed by atoms with Gasteiger partial charge < -0.3 is 10.2 Å². The van der Waals surface area contributed by atoms with E-state index in [1.807, 2.05) is 0 Å². The van der Waals surface area contributed by atoms with Gasteiger partial charge in [0, 0.05) is 37.1 Å². The summed E-state index contributed by atoms with van der Waals surface area (Å²) in [6.45, 7) is 1.77. The van der Waals surface area contributed by atoms with E-state index in [2.05, 4.69) is 20.6 Å². The van der Waals surface area contributed by atoms with Crippen LogP contribution < -0.4 is 10.6 Å². The van der Waals surface area contributed by atoms with Gasteiger partial charge in [0.15, 0.2) is 0 Å². The second-order valence-electron chi connectivity index (χ2n) is 5.98. The summed E-state index contributed by atoms with van der Waals surface area (Å²) in [6.07, 6.45) is 4.63. The van der Waals surface area contributed by atoms with Crippen molar-refractivity contribution in [3.63, 3.8) is 0 Å². The van der Waals surface area contributed by atoms with E-state index >= 15 is 0 Å². The lowest BCUT2D eigenvalue weighted by atomic mass is 10.1. The van der Waals surface area contributed by atoms with E-state index in [-0.39, 0.29) is 18.0 Å². The molecule has 1 aliphatic heterocycles. The van der Waals surface area contributed by atoms with Crippen molar-refractivity contribution in [3.8, 4) is 11.1 Å². The maximum absolute atomic E-state index is 13.3. The molecule has 1 aromatic carbocycles. The van der Waals surface area contributed by atoms with Crippen molar-refractivity contribution >= 4 is 12.0 Å². The number of anilines is 1. The maximum Gasteiger partial charge on any atom is 0.324 e. The Morgan fingerprint density at radius 1 is 1.12 bits per heavy atom. The van der Waals surface area contributed by atoms with Crippen molar-refractivity contribution in [2.45, 2.75) is 18.9 Å². The third-order valence-corrected chi connectivity index (χ3v) is 4.24. The van der Waals surface area contributed by atoms with Gasteiger partial charge in [-0.3, -0.25) is 5.32 Å². The monoisotopic (exact) mass is 347 g/mol. The summed E-state index contributed by atoms with van der Waals surface area (Å²) in [6, 6.07) is 3.10. The van der Waals surface area contributed by atoms with Crippen LogP contribution in [0.15, 0.2) is 30.6 Å². The Kier molecular flexibility index (Phi) is 5.18. The Hall–Kier alpha value is -2.61. The molecule has 0 spiro atoms. The Balaban J connectivity index is 1.66. The van der Waals surface area contributed by atoms with E-state index in [0.29, 0.717) is 11.1 Å². The molecule has 25 heavy (non-hydrogen) atoms. The summed E-state index contributed by atoms with van der Waals surface area (Å²) in [5, 5.41) is 5.89. The SMILES string of the molecule is CN(C(=O)Nc1ncc(-c2cc(F)cc(F)c2)cn1)C1CCNCC1. The molecular weight excluding hydrogens is 328 g/mol. The number of urea groups is 1. The molecule has 1 saturated heterocycles. The fourth-order valence-corrected chi connectivity index (χ4v) is 2.81. The Morgan fingerprint density at radius 3 is 2.32 bits per heavy atom. The number of nitrogens with one attached hydrogen (secondary N) is 2. The van der Waals surface area contributed by atoms with E-state index in [1.165, 1.54) is 24.5 Å². The molecule has 3 rings (SSSR count). The van der Waals surface area contributed by atoms with Gasteiger partial charge >= 0.3 is 6.03 Å². The topological polar surface area (TPSA) is 70.2 Å². The number of benzene rings is 1. The quantitative estimate of drug-likeness (QED) is 0.896. The minimum Gasteiger partial charge on any atom is -0.324 e. The lowest BCUT2D eigenvalue weighted by Gasteiger charge is -2.31. The smallest absolute Gasteiger partial charge is 0.324 e. The summed E-state index contributed by atoms with van der Waals surface area (Å²) in [5.74, 6) is -1.20. The number of piperidine rings is 1. The summed E-state index contributed by atoms with van der Waals surface area (Å²) in [5.41, 5.74) is 0.797. The first-order chi connectivity index (χ1) is 12.0. The first-order valence-electron chi connectivity index (χ1n) is 8.06. The molecule has 0 radical (unpaired) electrons. The molecule has 0 bridgehead atoms. The van der Waals surface area contributed by atoms with Gasteiger partial charge in [-0.2, -0.15) is 0 Å². The average molecular weight is 347 g/mol. The molecule has 1 aromatic heterocycles. The van der Waals surface area contributed by atoms with Crippen molar-refractivity contribution in [2.75, 3.05) is 25.5 Å². The number of amides is 2. The molecule has 2 aromatic rings. The van der Waals surface area contributed by atoms with E-state index in [9.17, 15) is 13.6 Å². The zero-order chi connectivity index (χ0) is 17.8. The Morgan fingerprint density at radius 2 is 1.72 bits per heavy atom. The number of rotatable bonds is 3. The first-order valence-corrected chi connectivity index (χ1v) is 8.06. The molecule has 0 unspecified atom stereocenters. The summed E-state index contributed by atoms with van der Waals surface area (Å²) >= 11 is 0. The number of carbonyl (C=O) groups excluding carboxylic acids is 1. The van der Waals surface area contributed by atoms with Gasteiger partial charge in [-0.1, -0.05) is 0 Å². The Bertz CT molecular complexity index is 727. The molecule has 1 aliphatic rings. The van der Waals surface area contributed by atoms with Gasteiger partial charge in [0.05, 0.1) is 0 Å². The molecule has 2 amide bonds. The molecule has 0 atom stereocenters. The van der Waals surface area contributed by atoms with Crippen LogP contribution in [-0.4, -0.2) is 47.1 Å². The highest BCUT2D eigenvalue weighted by atomic mass is 19.1. The normalized spacial score (nSPS) is 15.0.